The highest BCUT2D eigenvalue weighted by molar-refractivity contribution is 7.98. The van der Waals surface area contributed by atoms with Crippen LogP contribution in [0.15, 0.2) is 156 Å². The molecule has 106 heavy (non-hydrogen) atoms. The number of para-hydroxylation sites is 8. The van der Waals surface area contributed by atoms with E-state index in [0.29, 0.717) is 139 Å². The van der Waals surface area contributed by atoms with Gasteiger partial charge in [0.2, 0.25) is 23.5 Å². The number of nitrogens with zero attached hydrogens (tertiary/aromatic N) is 6. The molecule has 4 aliphatic heterocycles. The molecule has 0 unspecified atom stereocenters. The molecular formula is C84H78N8O12S2. The number of fused-ring (bicyclic) bond motifs is 8. The summed E-state index contributed by atoms with van der Waals surface area (Å²) in [6, 6.07) is 46.9. The van der Waals surface area contributed by atoms with Crippen molar-refractivity contribution >= 4 is 69.9 Å². The van der Waals surface area contributed by atoms with Crippen molar-refractivity contribution in [1.82, 2.24) is 39.9 Å². The van der Waals surface area contributed by atoms with Crippen LogP contribution < -0.4 is 37.9 Å². The van der Waals surface area contributed by atoms with Crippen LogP contribution in [0.5, 0.6) is 69.5 Å². The molecule has 9 heterocycles. The number of aryl methyl sites for hydroxylation is 6. The molecule has 538 valence electrons. The number of nitrogens with one attached hydrogen (secondary N) is 2. The molecule has 0 saturated heterocycles. The van der Waals surface area contributed by atoms with Gasteiger partial charge < -0.3 is 66.8 Å². The van der Waals surface area contributed by atoms with E-state index in [4.69, 9.17) is 86.7 Å². The minimum atomic E-state index is 0.142. The molecule has 4 aliphatic rings. The molecule has 11 aromatic rings. The lowest BCUT2D eigenvalue weighted by atomic mass is 9.92. The first kappa shape index (κ1) is 70.7. The summed E-state index contributed by atoms with van der Waals surface area (Å²) in [5, 5.41) is 0.708. The third-order valence-corrected chi connectivity index (χ3v) is 19.1. The number of aromatic amines is 2. The van der Waals surface area contributed by atoms with Gasteiger partial charge in [-0.2, -0.15) is 19.9 Å². The minimum Gasteiger partial charge on any atom is -0.487 e. The summed E-state index contributed by atoms with van der Waals surface area (Å²) >= 11 is 2.67. The van der Waals surface area contributed by atoms with Gasteiger partial charge in [0.25, 0.3) is 0 Å². The molecule has 0 radical (unpaired) electrons. The zero-order valence-corrected chi connectivity index (χ0v) is 61.7. The molecule has 20 nitrogen and oxygen atoms in total. The van der Waals surface area contributed by atoms with E-state index in [2.05, 4.69) is 100 Å². The number of rotatable bonds is 4. The predicted octanol–water partition coefficient (Wildman–Crippen LogP) is 19.0. The summed E-state index contributed by atoms with van der Waals surface area (Å²) < 4.78 is 79.6. The van der Waals surface area contributed by atoms with Crippen LogP contribution in [0.2, 0.25) is 0 Å². The van der Waals surface area contributed by atoms with Crippen LogP contribution in [0.25, 0.3) is 90.9 Å². The van der Waals surface area contributed by atoms with Crippen molar-refractivity contribution in [2.24, 2.45) is 0 Å². The van der Waals surface area contributed by atoms with Gasteiger partial charge in [-0.05, 0) is 185 Å². The Morgan fingerprint density at radius 3 is 0.764 bits per heavy atom. The van der Waals surface area contributed by atoms with Gasteiger partial charge in [0.1, 0.15) is 37.6 Å². The van der Waals surface area contributed by atoms with Gasteiger partial charge in [0.05, 0.1) is 75.6 Å². The first-order valence-electron chi connectivity index (χ1n) is 35.1. The Hall–Kier alpha value is -11.0. The largest absolute Gasteiger partial charge is 0.487 e. The van der Waals surface area contributed by atoms with E-state index < -0.39 is 0 Å². The number of thioether (sulfide) groups is 2. The van der Waals surface area contributed by atoms with Crippen LogP contribution in [0.4, 0.5) is 0 Å². The van der Waals surface area contributed by atoms with Gasteiger partial charge in [-0.15, -0.1) is 0 Å². The van der Waals surface area contributed by atoms with Crippen LogP contribution in [0, 0.1) is 41.5 Å². The third kappa shape index (κ3) is 15.3. The van der Waals surface area contributed by atoms with E-state index >= 15 is 0 Å². The van der Waals surface area contributed by atoms with Gasteiger partial charge >= 0.3 is 0 Å². The number of H-pyrrole nitrogens is 2. The Labute approximate surface area is 622 Å². The first-order chi connectivity index (χ1) is 51.9. The maximum Gasteiger partial charge on any atom is 0.235 e. The summed E-state index contributed by atoms with van der Waals surface area (Å²) in [5.41, 5.74) is 16.6. The van der Waals surface area contributed by atoms with Crippen LogP contribution in [0.1, 0.15) is 56.2 Å². The number of aromatic nitrogens is 8. The van der Waals surface area contributed by atoms with E-state index in [9.17, 15) is 0 Å². The quantitative estimate of drug-likeness (QED) is 0.124. The van der Waals surface area contributed by atoms with Gasteiger partial charge in [0.15, 0.2) is 56.3 Å². The van der Waals surface area contributed by atoms with Crippen molar-refractivity contribution in [3.05, 3.63) is 202 Å². The molecule has 0 spiro atoms. The monoisotopic (exact) mass is 1450 g/mol. The molecule has 6 aromatic carbocycles. The average molecular weight is 1460 g/mol. The highest BCUT2D eigenvalue weighted by atomic mass is 32.2. The fourth-order valence-electron chi connectivity index (χ4n) is 13.6. The molecule has 12 bridgehead atoms. The second-order valence-electron chi connectivity index (χ2n) is 25.5. The normalized spacial score (nSPS) is 14.4. The molecule has 0 fully saturated rings. The third-order valence-electron chi connectivity index (χ3n) is 18.0. The van der Waals surface area contributed by atoms with Crippen LogP contribution in [0.3, 0.4) is 0 Å². The topological polar surface area (TPSA) is 220 Å². The van der Waals surface area contributed by atoms with E-state index in [1.54, 1.807) is 0 Å². The van der Waals surface area contributed by atoms with Gasteiger partial charge in [-0.25, -0.2) is 9.97 Å². The Bertz CT molecular complexity index is 4850. The van der Waals surface area contributed by atoms with E-state index in [1.165, 1.54) is 23.5 Å². The zero-order chi connectivity index (χ0) is 72.6. The summed E-state index contributed by atoms with van der Waals surface area (Å²) in [6.45, 7) is 15.6. The van der Waals surface area contributed by atoms with Gasteiger partial charge in [0, 0.05) is 44.3 Å². The Balaban J connectivity index is 1.12. The summed E-state index contributed by atoms with van der Waals surface area (Å²) in [4.78, 5) is 40.8. The van der Waals surface area contributed by atoms with Crippen LogP contribution >= 0.6 is 23.5 Å². The second-order valence-corrected chi connectivity index (χ2v) is 27.0. The Morgan fingerprint density at radius 1 is 0.274 bits per heavy atom. The highest BCUT2D eigenvalue weighted by Crippen LogP contribution is 2.51. The van der Waals surface area contributed by atoms with Gasteiger partial charge in [-0.3, -0.25) is 0 Å². The van der Waals surface area contributed by atoms with E-state index in [-0.39, 0.29) is 76.4 Å². The highest BCUT2D eigenvalue weighted by Gasteiger charge is 2.32. The first-order valence-corrected chi connectivity index (χ1v) is 37.5. The summed E-state index contributed by atoms with van der Waals surface area (Å²) in [7, 11) is 0. The van der Waals surface area contributed by atoms with Crippen molar-refractivity contribution < 1.29 is 56.8 Å². The lowest BCUT2D eigenvalue weighted by Crippen LogP contribution is -2.14. The zero-order valence-electron chi connectivity index (χ0n) is 60.0. The Kier molecular flexibility index (Phi) is 21.4. The molecule has 0 aliphatic carbocycles. The van der Waals surface area contributed by atoms with Crippen molar-refractivity contribution in [2.45, 2.75) is 51.9 Å². The lowest BCUT2D eigenvalue weighted by molar-refractivity contribution is 0.0269. The smallest absolute Gasteiger partial charge is 0.235 e. The van der Waals surface area contributed by atoms with E-state index in [0.717, 1.165) is 66.7 Å². The molecule has 0 saturated carbocycles. The van der Waals surface area contributed by atoms with Crippen LogP contribution in [-0.4, -0.2) is 132 Å². The second kappa shape index (κ2) is 32.2. The fourth-order valence-corrected chi connectivity index (χ4v) is 14.3. The Morgan fingerprint density at radius 2 is 0.509 bits per heavy atom. The molecule has 2 N–H and O–H groups in total. The molecule has 0 atom stereocenters. The predicted molar refractivity (Wildman–Crippen MR) is 415 cm³/mol. The maximum atomic E-state index is 7.27. The van der Waals surface area contributed by atoms with Crippen molar-refractivity contribution in [1.29, 1.82) is 0 Å². The van der Waals surface area contributed by atoms with Gasteiger partial charge in [-0.1, -0.05) is 107 Å². The number of ether oxygens (including phenoxy) is 12. The maximum absolute atomic E-state index is 7.27. The molecule has 15 rings (SSSR count). The van der Waals surface area contributed by atoms with Crippen molar-refractivity contribution in [3.63, 3.8) is 0 Å². The number of hydrogen-bond donors (Lipinski definition) is 2. The fraction of sp³-hybridized carbons (Fsp3) is 0.238. The molecule has 5 aromatic heterocycles. The molecule has 0 amide bonds. The SMILES string of the molecule is CSc1nc2c3c(n1)Oc1ccccc1OCCOCCOCCOc1ccccc1Oc1nc(SC)nc(c1-c1c4nc(c(-c5c(C)cc(C)cc5C)c5ccc([nH]5)c-3c3nc(c(-c5c(C)cc(C)cc5C)c5ccc1[nH]5)C=C3)C=C4)Oc1ccccc1OCCOCCOCCOc1ccccc1O2. The standard InChI is InChI=1S/C84H78N8O12S2/c1-49-45-51(3)71(52(4)46-49)73-55-25-29-59(85-55)75-61-31-27-57(87-61)74(72-53(5)47-50(2)48-54(72)6)58-28-32-62(88-58)76(60-30-26-56(73)86-60)78-81-91-84(106-8)92-82(78)104-70-24-16-12-20-66(70)100-44-40-96-36-34-94-38-42-98-64-18-10-14-22-68(64)102-80-77(75)79(89-83(90-80)105-7)101-67-21-13-9-17-63(67)97-41-37-93-33-35-95-39-43-99-65-19-11-15-23-69(65)103-81/h9-32,45-48,85,88H,33-44H2,1-8H3. The van der Waals surface area contributed by atoms with E-state index in [1.807, 2.05) is 134 Å². The lowest BCUT2D eigenvalue weighted by Gasteiger charge is -2.19. The number of benzene rings is 6. The molecule has 22 heteroatoms. The summed E-state index contributed by atoms with van der Waals surface area (Å²) in [6.07, 6.45) is 12.0. The minimum absolute atomic E-state index is 0.142. The van der Waals surface area contributed by atoms with Crippen molar-refractivity contribution in [2.75, 3.05) is 91.8 Å². The summed E-state index contributed by atoms with van der Waals surface area (Å²) in [5.74, 6) is 3.81. The molecular weight excluding hydrogens is 1380 g/mol. The average Bonchev–Trinajstić information content (AvgIpc) is 1.53. The van der Waals surface area contributed by atoms with Crippen molar-refractivity contribution in [3.8, 4) is 114 Å². The van der Waals surface area contributed by atoms with Crippen LogP contribution in [-0.2, 0) is 18.9 Å². The number of hydrogen-bond acceptors (Lipinski definition) is 20.